The van der Waals surface area contributed by atoms with E-state index in [-0.39, 0.29) is 11.5 Å². The van der Waals surface area contributed by atoms with E-state index < -0.39 is 15.8 Å². The minimum atomic E-state index is -3.34. The number of sulfone groups is 1. The number of carbonyl (C=O) groups is 1. The van der Waals surface area contributed by atoms with Crippen LogP contribution in [0.4, 0.5) is 0 Å². The summed E-state index contributed by atoms with van der Waals surface area (Å²) in [6.45, 7) is 1.06. The molecule has 0 N–H and O–H groups in total. The van der Waals surface area contributed by atoms with Crippen molar-refractivity contribution in [3.63, 3.8) is 0 Å². The SMILES string of the molecule is CC(=O)OCC(=C1C=CC=CC1)S(C)(=O)=O. The topological polar surface area (TPSA) is 60.4 Å². The third-order valence-electron chi connectivity index (χ3n) is 2.09. The van der Waals surface area contributed by atoms with Crippen molar-refractivity contribution in [2.75, 3.05) is 12.9 Å². The van der Waals surface area contributed by atoms with E-state index in [1.807, 2.05) is 12.2 Å². The molecular weight excluding hydrogens is 228 g/mol. The standard InChI is InChI=1S/C11H14O4S/c1-9(12)15-8-11(16(2,13)14)10-6-4-3-5-7-10/h3-6H,7-8H2,1-2H3. The van der Waals surface area contributed by atoms with Crippen LogP contribution in [0.25, 0.3) is 0 Å². The van der Waals surface area contributed by atoms with Crippen LogP contribution < -0.4 is 0 Å². The Morgan fingerprint density at radius 2 is 2.12 bits per heavy atom. The van der Waals surface area contributed by atoms with Crippen LogP contribution in [0.3, 0.4) is 0 Å². The van der Waals surface area contributed by atoms with Crippen LogP contribution in [0.15, 0.2) is 34.8 Å². The molecule has 0 aliphatic heterocycles. The number of rotatable bonds is 3. The molecule has 1 rings (SSSR count). The lowest BCUT2D eigenvalue weighted by atomic mass is 10.1. The predicted octanol–water partition coefficient (Wildman–Crippen LogP) is 1.36. The Hall–Kier alpha value is -1.36. The van der Waals surface area contributed by atoms with Crippen molar-refractivity contribution in [1.29, 1.82) is 0 Å². The normalized spacial score (nSPS) is 18.4. The zero-order chi connectivity index (χ0) is 12.2. The quantitative estimate of drug-likeness (QED) is 0.701. The highest BCUT2D eigenvalue weighted by Crippen LogP contribution is 2.19. The molecule has 0 radical (unpaired) electrons. The smallest absolute Gasteiger partial charge is 0.302 e. The van der Waals surface area contributed by atoms with Gasteiger partial charge in [0.05, 0.1) is 4.91 Å². The second kappa shape index (κ2) is 5.12. The van der Waals surface area contributed by atoms with Crippen LogP contribution in [0, 0.1) is 0 Å². The van der Waals surface area contributed by atoms with E-state index in [1.54, 1.807) is 12.2 Å². The zero-order valence-electron chi connectivity index (χ0n) is 9.26. The summed E-state index contributed by atoms with van der Waals surface area (Å²) in [6.07, 6.45) is 8.84. The molecule has 0 spiro atoms. The molecule has 0 aromatic heterocycles. The molecule has 88 valence electrons. The van der Waals surface area contributed by atoms with Crippen molar-refractivity contribution in [3.8, 4) is 0 Å². The predicted molar refractivity (Wildman–Crippen MR) is 61.4 cm³/mol. The minimum absolute atomic E-state index is 0.170. The number of hydrogen-bond acceptors (Lipinski definition) is 4. The van der Waals surface area contributed by atoms with E-state index >= 15 is 0 Å². The molecule has 5 heteroatoms. The van der Waals surface area contributed by atoms with Gasteiger partial charge in [0.15, 0.2) is 9.84 Å². The highest BCUT2D eigenvalue weighted by molar-refractivity contribution is 7.94. The van der Waals surface area contributed by atoms with Crippen LogP contribution in [0.1, 0.15) is 13.3 Å². The number of esters is 1. The Labute approximate surface area is 95.2 Å². The molecule has 0 fully saturated rings. The van der Waals surface area contributed by atoms with Gasteiger partial charge < -0.3 is 4.74 Å². The molecule has 0 aromatic rings. The lowest BCUT2D eigenvalue weighted by molar-refractivity contribution is -0.139. The van der Waals surface area contributed by atoms with E-state index in [2.05, 4.69) is 0 Å². The highest BCUT2D eigenvalue weighted by Gasteiger charge is 2.17. The molecule has 0 saturated carbocycles. The van der Waals surface area contributed by atoms with Crippen LogP contribution in [0.5, 0.6) is 0 Å². The van der Waals surface area contributed by atoms with Gasteiger partial charge in [0.2, 0.25) is 0 Å². The van der Waals surface area contributed by atoms with Crippen molar-refractivity contribution in [3.05, 3.63) is 34.8 Å². The molecule has 0 aromatic carbocycles. The summed E-state index contributed by atoms with van der Waals surface area (Å²) < 4.78 is 27.8. The second-order valence-corrected chi connectivity index (χ2v) is 5.53. The van der Waals surface area contributed by atoms with Gasteiger partial charge in [0, 0.05) is 13.2 Å². The molecule has 0 saturated heterocycles. The molecular formula is C11H14O4S. The Morgan fingerprint density at radius 1 is 1.44 bits per heavy atom. The number of allylic oxidation sites excluding steroid dienone is 5. The maximum absolute atomic E-state index is 11.5. The molecule has 4 nitrogen and oxygen atoms in total. The van der Waals surface area contributed by atoms with Gasteiger partial charge in [-0.3, -0.25) is 4.79 Å². The maximum Gasteiger partial charge on any atom is 0.302 e. The minimum Gasteiger partial charge on any atom is -0.460 e. The highest BCUT2D eigenvalue weighted by atomic mass is 32.2. The average Bonchev–Trinajstić information content (AvgIpc) is 2.17. The molecule has 0 unspecified atom stereocenters. The van der Waals surface area contributed by atoms with E-state index in [1.165, 1.54) is 6.92 Å². The summed E-state index contributed by atoms with van der Waals surface area (Å²) in [7, 11) is -3.34. The first-order valence-electron chi connectivity index (χ1n) is 4.80. The van der Waals surface area contributed by atoms with E-state index in [4.69, 9.17) is 4.74 Å². The largest absolute Gasteiger partial charge is 0.460 e. The number of hydrogen-bond donors (Lipinski definition) is 0. The van der Waals surface area contributed by atoms with Crippen molar-refractivity contribution in [1.82, 2.24) is 0 Å². The molecule has 0 bridgehead atoms. The summed E-state index contributed by atoms with van der Waals surface area (Å²) >= 11 is 0. The first-order valence-corrected chi connectivity index (χ1v) is 6.69. The Kier molecular flexibility index (Phi) is 4.06. The van der Waals surface area contributed by atoms with E-state index in [9.17, 15) is 13.2 Å². The van der Waals surface area contributed by atoms with E-state index in [0.717, 1.165) is 6.26 Å². The van der Waals surface area contributed by atoms with Gasteiger partial charge in [-0.15, -0.1) is 0 Å². The third kappa shape index (κ3) is 3.66. The fourth-order valence-electron chi connectivity index (χ4n) is 1.33. The Morgan fingerprint density at radius 3 is 2.56 bits per heavy atom. The second-order valence-electron chi connectivity index (χ2n) is 3.49. The molecule has 1 aliphatic rings. The number of ether oxygens (including phenoxy) is 1. The monoisotopic (exact) mass is 242 g/mol. The van der Waals surface area contributed by atoms with Gasteiger partial charge in [-0.1, -0.05) is 24.3 Å². The first-order chi connectivity index (χ1) is 7.41. The average molecular weight is 242 g/mol. The number of carbonyl (C=O) groups excluding carboxylic acids is 1. The summed E-state index contributed by atoms with van der Waals surface area (Å²) in [4.78, 5) is 10.9. The van der Waals surface area contributed by atoms with Crippen LogP contribution in [0.2, 0.25) is 0 Å². The maximum atomic E-state index is 11.5. The fraction of sp³-hybridized carbons (Fsp3) is 0.364. The molecule has 1 aliphatic carbocycles. The first kappa shape index (κ1) is 12.7. The van der Waals surface area contributed by atoms with E-state index in [0.29, 0.717) is 12.0 Å². The van der Waals surface area contributed by atoms with Crippen LogP contribution in [-0.2, 0) is 19.4 Å². The fourth-order valence-corrected chi connectivity index (χ4v) is 2.23. The molecule has 0 atom stereocenters. The van der Waals surface area contributed by atoms with Crippen molar-refractivity contribution >= 4 is 15.8 Å². The van der Waals surface area contributed by atoms with Gasteiger partial charge >= 0.3 is 5.97 Å². The lowest BCUT2D eigenvalue weighted by Crippen LogP contribution is -2.13. The van der Waals surface area contributed by atoms with Crippen molar-refractivity contribution in [2.45, 2.75) is 13.3 Å². The molecule has 16 heavy (non-hydrogen) atoms. The van der Waals surface area contributed by atoms with Gasteiger partial charge in [0.25, 0.3) is 0 Å². The molecule has 0 heterocycles. The van der Waals surface area contributed by atoms with Crippen molar-refractivity contribution < 1.29 is 17.9 Å². The molecule has 0 amide bonds. The van der Waals surface area contributed by atoms with Crippen LogP contribution >= 0.6 is 0 Å². The van der Waals surface area contributed by atoms with Gasteiger partial charge in [0.1, 0.15) is 6.61 Å². The third-order valence-corrected chi connectivity index (χ3v) is 3.37. The Balaban J connectivity index is 3.01. The van der Waals surface area contributed by atoms with Crippen molar-refractivity contribution in [2.24, 2.45) is 0 Å². The zero-order valence-corrected chi connectivity index (χ0v) is 10.1. The summed E-state index contributed by atoms with van der Waals surface area (Å²) in [5, 5.41) is 0. The summed E-state index contributed by atoms with van der Waals surface area (Å²) in [6, 6.07) is 0. The van der Waals surface area contributed by atoms with Gasteiger partial charge in [-0.25, -0.2) is 8.42 Å². The van der Waals surface area contributed by atoms with Crippen LogP contribution in [-0.4, -0.2) is 27.2 Å². The lowest BCUT2D eigenvalue weighted by Gasteiger charge is -2.11. The summed E-state index contributed by atoms with van der Waals surface area (Å²) in [5.74, 6) is -0.489. The van der Waals surface area contributed by atoms with Gasteiger partial charge in [-0.2, -0.15) is 0 Å². The Bertz CT molecular complexity index is 466. The van der Waals surface area contributed by atoms with Gasteiger partial charge in [-0.05, 0) is 12.0 Å². The summed E-state index contributed by atoms with van der Waals surface area (Å²) in [5.41, 5.74) is 0.672.